The molecule has 7 nitrogen and oxygen atoms in total. The number of carbonyl (C=O) groups excluding carboxylic acids is 1. The molecule has 0 aromatic carbocycles. The molecule has 8 heteroatoms. The number of anilines is 1. The molecule has 0 bridgehead atoms. The van der Waals surface area contributed by atoms with Gasteiger partial charge in [-0.15, -0.1) is 11.6 Å². The van der Waals surface area contributed by atoms with Crippen molar-refractivity contribution in [3.8, 4) is 11.4 Å². The van der Waals surface area contributed by atoms with Crippen LogP contribution in [0.5, 0.6) is 0 Å². The van der Waals surface area contributed by atoms with Gasteiger partial charge in [0, 0.05) is 43.9 Å². The molecule has 0 aliphatic carbocycles. The Hall–Kier alpha value is -2.15. The highest BCUT2D eigenvalue weighted by molar-refractivity contribution is 6.30. The maximum Gasteiger partial charge on any atom is 0.240 e. The van der Waals surface area contributed by atoms with Crippen LogP contribution in [0.25, 0.3) is 11.4 Å². The quantitative estimate of drug-likeness (QED) is 0.777. The second-order valence-electron chi connectivity index (χ2n) is 6.44. The number of aromatic nitrogens is 3. The Morgan fingerprint density at radius 1 is 1.20 bits per heavy atom. The molecule has 1 unspecified atom stereocenters. The molecular weight excluding hydrogens is 342 g/mol. The maximum absolute atomic E-state index is 11.9. The summed E-state index contributed by atoms with van der Waals surface area (Å²) < 4.78 is 5.23. The Morgan fingerprint density at radius 3 is 2.44 bits per heavy atom. The monoisotopic (exact) mass is 363 g/mol. The largest absolute Gasteiger partial charge is 0.353 e. The average molecular weight is 364 g/mol. The Kier molecular flexibility index (Phi) is 5.22. The van der Waals surface area contributed by atoms with Crippen molar-refractivity contribution in [1.29, 1.82) is 0 Å². The third-order valence-corrected chi connectivity index (χ3v) is 4.38. The lowest BCUT2D eigenvalue weighted by molar-refractivity contribution is -0.130. The summed E-state index contributed by atoms with van der Waals surface area (Å²) in [4.78, 5) is 24.8. The summed E-state index contributed by atoms with van der Waals surface area (Å²) in [7, 11) is 0. The van der Waals surface area contributed by atoms with Crippen LogP contribution in [0, 0.1) is 0 Å². The molecule has 3 rings (SSSR count). The molecule has 1 saturated heterocycles. The highest BCUT2D eigenvalue weighted by atomic mass is 35.5. The maximum atomic E-state index is 11.9. The van der Waals surface area contributed by atoms with E-state index < -0.39 is 5.38 Å². The van der Waals surface area contributed by atoms with Gasteiger partial charge in [-0.1, -0.05) is 19.0 Å². The van der Waals surface area contributed by atoms with Gasteiger partial charge in [-0.2, -0.15) is 4.98 Å². The van der Waals surface area contributed by atoms with Crippen molar-refractivity contribution in [1.82, 2.24) is 20.0 Å². The van der Waals surface area contributed by atoms with E-state index in [0.29, 0.717) is 24.8 Å². The van der Waals surface area contributed by atoms with Crippen LogP contribution in [-0.4, -0.2) is 57.5 Å². The van der Waals surface area contributed by atoms with Crippen molar-refractivity contribution in [3.05, 3.63) is 24.2 Å². The van der Waals surface area contributed by atoms with Crippen molar-refractivity contribution >= 4 is 23.3 Å². The lowest BCUT2D eigenvalue weighted by Crippen LogP contribution is -2.50. The average Bonchev–Trinajstić information content (AvgIpc) is 3.12. The zero-order valence-electron chi connectivity index (χ0n) is 14.6. The molecular formula is C17H22ClN5O2. The van der Waals surface area contributed by atoms with Gasteiger partial charge in [-0.05, 0) is 19.1 Å². The summed E-state index contributed by atoms with van der Waals surface area (Å²) in [5, 5.41) is 3.52. The van der Waals surface area contributed by atoms with E-state index >= 15 is 0 Å². The fraction of sp³-hybridized carbons (Fsp3) is 0.529. The molecule has 1 aliphatic heterocycles. The first-order valence-electron chi connectivity index (χ1n) is 8.43. The number of rotatable bonds is 4. The van der Waals surface area contributed by atoms with Crippen LogP contribution in [0.3, 0.4) is 0 Å². The smallest absolute Gasteiger partial charge is 0.240 e. The molecule has 0 spiro atoms. The normalized spacial score (nSPS) is 16.4. The zero-order chi connectivity index (χ0) is 18.0. The Bertz CT molecular complexity index is 721. The van der Waals surface area contributed by atoms with E-state index in [2.05, 4.69) is 20.0 Å². The molecule has 1 atom stereocenters. The fourth-order valence-corrected chi connectivity index (χ4v) is 2.84. The number of nitrogens with zero attached hydrogens (tertiary/aromatic N) is 5. The summed E-state index contributed by atoms with van der Waals surface area (Å²) in [6.45, 7) is 8.51. The molecule has 0 radical (unpaired) electrons. The number of piperazine rings is 1. The molecule has 1 amide bonds. The fourth-order valence-electron chi connectivity index (χ4n) is 2.70. The first kappa shape index (κ1) is 17.7. The van der Waals surface area contributed by atoms with Gasteiger partial charge in [-0.25, -0.2) is 4.98 Å². The number of carbonyl (C=O) groups is 1. The Morgan fingerprint density at radius 2 is 1.92 bits per heavy atom. The second kappa shape index (κ2) is 7.39. The molecule has 0 N–H and O–H groups in total. The first-order valence-corrected chi connectivity index (χ1v) is 8.87. The van der Waals surface area contributed by atoms with Gasteiger partial charge in [0.05, 0.1) is 0 Å². The summed E-state index contributed by atoms with van der Waals surface area (Å²) >= 11 is 5.88. The van der Waals surface area contributed by atoms with Crippen LogP contribution in [0.1, 0.15) is 32.6 Å². The van der Waals surface area contributed by atoms with Gasteiger partial charge in [0.25, 0.3) is 0 Å². The van der Waals surface area contributed by atoms with E-state index in [4.69, 9.17) is 16.1 Å². The topological polar surface area (TPSA) is 75.4 Å². The first-order chi connectivity index (χ1) is 12.0. The van der Waals surface area contributed by atoms with Crippen LogP contribution in [0.2, 0.25) is 0 Å². The van der Waals surface area contributed by atoms with Gasteiger partial charge in [0.15, 0.2) is 0 Å². The van der Waals surface area contributed by atoms with E-state index in [1.807, 2.05) is 26.0 Å². The molecule has 1 fully saturated rings. The minimum atomic E-state index is -0.477. The highest BCUT2D eigenvalue weighted by Gasteiger charge is 2.24. The van der Waals surface area contributed by atoms with Crippen LogP contribution in [0.15, 0.2) is 22.9 Å². The predicted molar refractivity (Wildman–Crippen MR) is 95.7 cm³/mol. The van der Waals surface area contributed by atoms with Crippen molar-refractivity contribution in [2.45, 2.75) is 32.1 Å². The van der Waals surface area contributed by atoms with Gasteiger partial charge in [0.1, 0.15) is 11.2 Å². The van der Waals surface area contributed by atoms with E-state index in [9.17, 15) is 4.79 Å². The number of hydrogen-bond donors (Lipinski definition) is 0. The summed E-state index contributed by atoms with van der Waals surface area (Å²) in [6.07, 6.45) is 1.75. The minimum Gasteiger partial charge on any atom is -0.353 e. The van der Waals surface area contributed by atoms with E-state index in [1.54, 1.807) is 18.0 Å². The third-order valence-electron chi connectivity index (χ3n) is 4.20. The summed E-state index contributed by atoms with van der Waals surface area (Å²) in [5.74, 6) is 2.23. The van der Waals surface area contributed by atoms with Crippen molar-refractivity contribution in [2.75, 3.05) is 31.1 Å². The van der Waals surface area contributed by atoms with E-state index in [-0.39, 0.29) is 11.8 Å². The van der Waals surface area contributed by atoms with Gasteiger partial charge in [-0.3, -0.25) is 4.79 Å². The van der Waals surface area contributed by atoms with Crippen LogP contribution < -0.4 is 4.90 Å². The summed E-state index contributed by atoms with van der Waals surface area (Å²) in [5.41, 5.74) is 0.823. The molecule has 25 heavy (non-hydrogen) atoms. The van der Waals surface area contributed by atoms with E-state index in [1.165, 1.54) is 0 Å². The number of hydrogen-bond acceptors (Lipinski definition) is 6. The van der Waals surface area contributed by atoms with E-state index in [0.717, 1.165) is 24.5 Å². The van der Waals surface area contributed by atoms with Crippen molar-refractivity contribution in [3.63, 3.8) is 0 Å². The standard InChI is InChI=1S/C17H22ClN5O2/c1-11(2)16-20-15(21-25-16)13-4-5-14(19-10-13)22-6-8-23(9-7-22)17(24)12(3)18/h4-5,10-12H,6-9H2,1-3H3. The number of alkyl halides is 1. The Balaban J connectivity index is 1.64. The van der Waals surface area contributed by atoms with Crippen molar-refractivity contribution in [2.24, 2.45) is 0 Å². The van der Waals surface area contributed by atoms with Crippen LogP contribution in [-0.2, 0) is 4.79 Å². The molecule has 134 valence electrons. The number of amides is 1. The van der Waals surface area contributed by atoms with Crippen LogP contribution in [0.4, 0.5) is 5.82 Å². The second-order valence-corrected chi connectivity index (χ2v) is 7.10. The number of pyridine rings is 1. The van der Waals surface area contributed by atoms with Gasteiger partial charge < -0.3 is 14.3 Å². The Labute approximate surface area is 152 Å². The summed E-state index contributed by atoms with van der Waals surface area (Å²) in [6, 6.07) is 3.89. The lowest BCUT2D eigenvalue weighted by Gasteiger charge is -2.35. The molecule has 0 saturated carbocycles. The van der Waals surface area contributed by atoms with Gasteiger partial charge in [0.2, 0.25) is 17.6 Å². The predicted octanol–water partition coefficient (Wildman–Crippen LogP) is 2.53. The molecule has 2 aromatic heterocycles. The van der Waals surface area contributed by atoms with Crippen LogP contribution >= 0.6 is 11.6 Å². The molecule has 2 aromatic rings. The number of halogens is 1. The zero-order valence-corrected chi connectivity index (χ0v) is 15.4. The molecule has 1 aliphatic rings. The molecule has 3 heterocycles. The van der Waals surface area contributed by atoms with Crippen molar-refractivity contribution < 1.29 is 9.32 Å². The third kappa shape index (κ3) is 3.92. The highest BCUT2D eigenvalue weighted by Crippen LogP contribution is 2.21. The van der Waals surface area contributed by atoms with Gasteiger partial charge >= 0.3 is 0 Å². The SMILES string of the molecule is CC(Cl)C(=O)N1CCN(c2ccc(-c3noc(C(C)C)n3)cn2)CC1. The lowest BCUT2D eigenvalue weighted by atomic mass is 10.2. The minimum absolute atomic E-state index is 0.0114.